The molecule has 2 aromatic rings. The van der Waals surface area contributed by atoms with Gasteiger partial charge >= 0.3 is 0 Å². The Hall–Kier alpha value is -2.14. The minimum Gasteiger partial charge on any atom is -0.394 e. The number of aliphatic hydroxyl groups excluding tert-OH is 1. The number of hydrogen-bond acceptors (Lipinski definition) is 3. The normalized spacial score (nSPS) is 12.0. The van der Waals surface area contributed by atoms with E-state index in [9.17, 15) is 9.90 Å². The van der Waals surface area contributed by atoms with Gasteiger partial charge in [-0.15, -0.1) is 0 Å². The van der Waals surface area contributed by atoms with Crippen LogP contribution in [0.5, 0.6) is 0 Å². The predicted octanol–water partition coefficient (Wildman–Crippen LogP) is 1.38. The number of hydrogen-bond donors (Lipinski definition) is 2. The van der Waals surface area contributed by atoms with Crippen LogP contribution in [0.25, 0.3) is 0 Å². The molecule has 0 spiro atoms. The largest absolute Gasteiger partial charge is 0.394 e. The topological polar surface area (TPSA) is 67.2 Å². The van der Waals surface area contributed by atoms with E-state index in [-0.39, 0.29) is 18.6 Å². The molecule has 0 aliphatic rings. The van der Waals surface area contributed by atoms with Gasteiger partial charge in [0.15, 0.2) is 0 Å². The Morgan fingerprint density at radius 2 is 2.10 bits per heavy atom. The molecule has 0 aliphatic heterocycles. The molecule has 1 atom stereocenters. The highest BCUT2D eigenvalue weighted by atomic mass is 16.3. The van der Waals surface area contributed by atoms with Gasteiger partial charge in [-0.3, -0.25) is 9.48 Å². The molecule has 0 aliphatic carbocycles. The highest BCUT2D eigenvalue weighted by molar-refractivity contribution is 5.76. The van der Waals surface area contributed by atoms with E-state index in [0.717, 1.165) is 18.5 Å². The van der Waals surface area contributed by atoms with Crippen LogP contribution in [0.3, 0.4) is 0 Å². The number of nitrogens with one attached hydrogen (secondary N) is 1. The van der Waals surface area contributed by atoms with E-state index in [1.165, 1.54) is 0 Å². The fourth-order valence-corrected chi connectivity index (χ4v) is 2.19. The zero-order chi connectivity index (χ0) is 14.9. The summed E-state index contributed by atoms with van der Waals surface area (Å²) < 4.78 is 1.81. The monoisotopic (exact) mass is 287 g/mol. The van der Waals surface area contributed by atoms with Crippen molar-refractivity contribution >= 4 is 5.91 Å². The number of nitrogens with zero attached hydrogens (tertiary/aromatic N) is 2. The Kier molecular flexibility index (Phi) is 5.97. The van der Waals surface area contributed by atoms with Crippen molar-refractivity contribution in [1.29, 1.82) is 0 Å². The van der Waals surface area contributed by atoms with E-state index in [1.807, 2.05) is 42.6 Å². The maximum absolute atomic E-state index is 11.9. The summed E-state index contributed by atoms with van der Waals surface area (Å²) >= 11 is 0. The summed E-state index contributed by atoms with van der Waals surface area (Å²) in [5.41, 5.74) is 1.10. The summed E-state index contributed by atoms with van der Waals surface area (Å²) in [7, 11) is 0. The van der Waals surface area contributed by atoms with Crippen molar-refractivity contribution in [3.05, 3.63) is 54.4 Å². The molecule has 2 N–H and O–H groups in total. The fourth-order valence-electron chi connectivity index (χ4n) is 2.19. The van der Waals surface area contributed by atoms with E-state index in [4.69, 9.17) is 0 Å². The van der Waals surface area contributed by atoms with Crippen LogP contribution < -0.4 is 5.32 Å². The molecule has 5 nitrogen and oxygen atoms in total. The first-order valence-corrected chi connectivity index (χ1v) is 7.19. The summed E-state index contributed by atoms with van der Waals surface area (Å²) in [4.78, 5) is 11.9. The second-order valence-electron chi connectivity index (χ2n) is 5.01. The van der Waals surface area contributed by atoms with Crippen LogP contribution in [0.1, 0.15) is 18.4 Å². The molecule has 0 saturated heterocycles. The summed E-state index contributed by atoms with van der Waals surface area (Å²) in [5, 5.41) is 16.4. The van der Waals surface area contributed by atoms with Gasteiger partial charge in [-0.05, 0) is 24.5 Å². The van der Waals surface area contributed by atoms with Crippen LogP contribution in [0.15, 0.2) is 48.8 Å². The lowest BCUT2D eigenvalue weighted by molar-refractivity contribution is -0.122. The third kappa shape index (κ3) is 5.39. The van der Waals surface area contributed by atoms with E-state index < -0.39 is 0 Å². The molecule has 112 valence electrons. The number of rotatable bonds is 8. The van der Waals surface area contributed by atoms with Gasteiger partial charge in [0, 0.05) is 25.4 Å². The van der Waals surface area contributed by atoms with Crippen molar-refractivity contribution in [3.8, 4) is 0 Å². The predicted molar refractivity (Wildman–Crippen MR) is 80.6 cm³/mol. The summed E-state index contributed by atoms with van der Waals surface area (Å²) in [6.45, 7) is 0.669. The molecule has 1 heterocycles. The van der Waals surface area contributed by atoms with Crippen LogP contribution in [0, 0.1) is 0 Å². The Morgan fingerprint density at radius 1 is 1.29 bits per heavy atom. The molecule has 1 aromatic carbocycles. The lowest BCUT2D eigenvalue weighted by Crippen LogP contribution is -2.39. The molecule has 5 heteroatoms. The van der Waals surface area contributed by atoms with Gasteiger partial charge in [-0.1, -0.05) is 30.3 Å². The van der Waals surface area contributed by atoms with Crippen molar-refractivity contribution in [3.63, 3.8) is 0 Å². The number of aliphatic hydroxyl groups is 1. The molecule has 1 aromatic heterocycles. The van der Waals surface area contributed by atoms with E-state index in [2.05, 4.69) is 10.4 Å². The van der Waals surface area contributed by atoms with Crippen molar-refractivity contribution in [2.75, 3.05) is 6.61 Å². The van der Waals surface area contributed by atoms with Gasteiger partial charge in [-0.2, -0.15) is 5.10 Å². The van der Waals surface area contributed by atoms with E-state index in [1.54, 1.807) is 10.9 Å². The Morgan fingerprint density at radius 3 is 2.76 bits per heavy atom. The van der Waals surface area contributed by atoms with Gasteiger partial charge in [0.05, 0.1) is 12.6 Å². The first-order chi connectivity index (χ1) is 10.3. The van der Waals surface area contributed by atoms with Crippen LogP contribution in [-0.2, 0) is 17.8 Å². The average molecular weight is 287 g/mol. The van der Waals surface area contributed by atoms with Crippen LogP contribution >= 0.6 is 0 Å². The summed E-state index contributed by atoms with van der Waals surface area (Å²) in [6, 6.07) is 11.5. The Labute approximate surface area is 124 Å². The molecule has 21 heavy (non-hydrogen) atoms. The van der Waals surface area contributed by atoms with Crippen LogP contribution in [0.2, 0.25) is 0 Å². The molecule has 0 radical (unpaired) electrons. The molecule has 0 unspecified atom stereocenters. The first-order valence-electron chi connectivity index (χ1n) is 7.19. The van der Waals surface area contributed by atoms with Crippen LogP contribution in [-0.4, -0.2) is 33.4 Å². The van der Waals surface area contributed by atoms with Crippen molar-refractivity contribution in [2.45, 2.75) is 31.8 Å². The molecule has 0 saturated carbocycles. The number of aromatic nitrogens is 2. The quantitative estimate of drug-likeness (QED) is 0.771. The fraction of sp³-hybridized carbons (Fsp3) is 0.375. The van der Waals surface area contributed by atoms with Gasteiger partial charge < -0.3 is 10.4 Å². The molecule has 1 amide bonds. The molecular formula is C16H21N3O2. The third-order valence-corrected chi connectivity index (χ3v) is 3.26. The van der Waals surface area contributed by atoms with Crippen LogP contribution in [0.4, 0.5) is 0 Å². The maximum atomic E-state index is 11.9. The highest BCUT2D eigenvalue weighted by Crippen LogP contribution is 2.03. The molecule has 2 rings (SSSR count). The van der Waals surface area contributed by atoms with E-state index in [0.29, 0.717) is 12.8 Å². The second kappa shape index (κ2) is 8.21. The van der Waals surface area contributed by atoms with Crippen molar-refractivity contribution < 1.29 is 9.90 Å². The third-order valence-electron chi connectivity index (χ3n) is 3.26. The summed E-state index contributed by atoms with van der Waals surface area (Å²) in [6.07, 6.45) is 5.41. The molecular weight excluding hydrogens is 266 g/mol. The van der Waals surface area contributed by atoms with Gasteiger partial charge in [0.1, 0.15) is 0 Å². The van der Waals surface area contributed by atoms with Gasteiger partial charge in [0.2, 0.25) is 5.91 Å². The number of benzene rings is 1. The van der Waals surface area contributed by atoms with Gasteiger partial charge in [-0.25, -0.2) is 0 Å². The Bertz CT molecular complexity index is 526. The van der Waals surface area contributed by atoms with Gasteiger partial charge in [0.25, 0.3) is 0 Å². The highest BCUT2D eigenvalue weighted by Gasteiger charge is 2.11. The zero-order valence-corrected chi connectivity index (χ0v) is 12.0. The number of carbonyl (C=O) groups excluding carboxylic acids is 1. The Balaban J connectivity index is 1.72. The lowest BCUT2D eigenvalue weighted by Gasteiger charge is -2.16. The number of carbonyl (C=O) groups is 1. The zero-order valence-electron chi connectivity index (χ0n) is 12.0. The van der Waals surface area contributed by atoms with Crippen molar-refractivity contribution in [1.82, 2.24) is 15.1 Å². The standard InChI is InChI=1S/C16H21N3O2/c20-13-15(12-14-6-2-1-3-7-14)18-16(21)8-4-10-19-11-5-9-17-19/h1-3,5-7,9,11,15,20H,4,8,10,12-13H2,(H,18,21)/t15-/m0/s1. The number of aryl methyl sites for hydroxylation is 1. The van der Waals surface area contributed by atoms with Crippen molar-refractivity contribution in [2.24, 2.45) is 0 Å². The smallest absolute Gasteiger partial charge is 0.220 e. The first kappa shape index (κ1) is 15.3. The summed E-state index contributed by atoms with van der Waals surface area (Å²) in [5.74, 6) is -0.0304. The minimum atomic E-state index is -0.232. The number of amides is 1. The van der Waals surface area contributed by atoms with E-state index >= 15 is 0 Å². The maximum Gasteiger partial charge on any atom is 0.220 e. The minimum absolute atomic E-state index is 0.0304. The second-order valence-corrected chi connectivity index (χ2v) is 5.01. The molecule has 0 bridgehead atoms. The lowest BCUT2D eigenvalue weighted by atomic mass is 10.1. The SMILES string of the molecule is O=C(CCCn1cccn1)N[C@H](CO)Cc1ccccc1. The molecule has 0 fully saturated rings. The average Bonchev–Trinajstić information content (AvgIpc) is 3.01.